The smallest absolute Gasteiger partial charge is 0.310 e. The Kier molecular flexibility index (Phi) is 5.43. The molecule has 7 heteroatoms. The molecule has 2 amide bonds. The minimum absolute atomic E-state index is 0.0634. The summed E-state index contributed by atoms with van der Waals surface area (Å²) in [5.74, 6) is 0. The number of nitrogens with zero attached hydrogens (tertiary/aromatic N) is 2. The van der Waals surface area contributed by atoms with Crippen LogP contribution < -0.4 is 5.32 Å². The average molecular weight is 539 g/mol. The van der Waals surface area contributed by atoms with Crippen LogP contribution in [-0.2, 0) is 19.4 Å². The molecule has 0 unspecified atom stereocenters. The summed E-state index contributed by atoms with van der Waals surface area (Å²) in [6.07, 6.45) is 6.92. The highest BCUT2D eigenvalue weighted by atomic mass is 79.9. The molecular formula is C26H24BrN3OS2. The molecule has 4 nitrogen and oxygen atoms in total. The van der Waals surface area contributed by atoms with Crippen LogP contribution in [0.1, 0.15) is 51.0 Å². The molecule has 0 fully saturated rings. The molecule has 33 heavy (non-hydrogen) atoms. The van der Waals surface area contributed by atoms with E-state index < -0.39 is 0 Å². The van der Waals surface area contributed by atoms with Gasteiger partial charge in [0.25, 0.3) is 0 Å². The summed E-state index contributed by atoms with van der Waals surface area (Å²) in [4.78, 5) is 18.6. The number of nitrogens with one attached hydrogen (secondary N) is 1. The normalized spacial score (nSPS) is 17.2. The highest BCUT2D eigenvalue weighted by Gasteiger charge is 2.36. The lowest BCUT2D eigenvalue weighted by molar-refractivity contribution is 0.195. The number of aromatic nitrogens is 1. The standard InChI is InChI=1S/C26H24BrN3OS2/c1-16-14-17(10-11-20(16)27)28-26(31)30-15-19-18-6-2-3-8-22(18)33-25(19)29-12-4-7-21(29)24(30)23-9-5-13-32-23/h4-5,7,9-14,24H,2-3,6,8,15H2,1H3,(H,28,31)/t24-/m1/s1. The number of rotatable bonds is 2. The Balaban J connectivity index is 1.47. The Morgan fingerprint density at radius 3 is 2.82 bits per heavy atom. The van der Waals surface area contributed by atoms with Gasteiger partial charge in [-0.05, 0) is 85.5 Å². The maximum atomic E-state index is 13.9. The molecule has 6 rings (SSSR count). The fourth-order valence-corrected chi connectivity index (χ4v) is 7.55. The number of thiophene rings is 2. The fraction of sp³-hybridized carbons (Fsp3) is 0.269. The Labute approximate surface area is 210 Å². The van der Waals surface area contributed by atoms with Crippen molar-refractivity contribution in [1.82, 2.24) is 9.47 Å². The predicted octanol–water partition coefficient (Wildman–Crippen LogP) is 7.69. The first kappa shape index (κ1) is 21.2. The van der Waals surface area contributed by atoms with Gasteiger partial charge in [0.1, 0.15) is 11.0 Å². The number of amides is 2. The highest BCUT2D eigenvalue weighted by molar-refractivity contribution is 9.10. The molecule has 0 radical (unpaired) electrons. The zero-order chi connectivity index (χ0) is 22.5. The van der Waals surface area contributed by atoms with Crippen molar-refractivity contribution in [1.29, 1.82) is 0 Å². The van der Waals surface area contributed by atoms with Gasteiger partial charge in [0, 0.05) is 31.7 Å². The van der Waals surface area contributed by atoms with Crippen molar-refractivity contribution in [3.63, 3.8) is 0 Å². The van der Waals surface area contributed by atoms with E-state index in [-0.39, 0.29) is 12.1 Å². The molecule has 0 bridgehead atoms. The van der Waals surface area contributed by atoms with Gasteiger partial charge < -0.3 is 14.8 Å². The van der Waals surface area contributed by atoms with E-state index in [0.717, 1.165) is 34.3 Å². The molecule has 0 saturated carbocycles. The maximum Gasteiger partial charge on any atom is 0.323 e. The number of halogens is 1. The minimum atomic E-state index is -0.129. The summed E-state index contributed by atoms with van der Waals surface area (Å²) in [6.45, 7) is 2.66. The SMILES string of the molecule is Cc1cc(NC(=O)N2Cc3c(sc4c3CCCC4)-n3cccc3[C@@H]2c2cccs2)ccc1Br. The van der Waals surface area contributed by atoms with Crippen molar-refractivity contribution in [3.05, 3.63) is 90.7 Å². The van der Waals surface area contributed by atoms with Crippen LogP contribution in [0.25, 0.3) is 5.00 Å². The van der Waals surface area contributed by atoms with Crippen molar-refractivity contribution in [2.45, 2.75) is 45.2 Å². The number of aryl methyl sites for hydroxylation is 2. The van der Waals surface area contributed by atoms with Gasteiger partial charge in [0.05, 0.1) is 12.2 Å². The number of urea groups is 1. The van der Waals surface area contributed by atoms with E-state index in [1.807, 2.05) is 41.4 Å². The van der Waals surface area contributed by atoms with E-state index in [2.05, 4.69) is 61.7 Å². The lowest BCUT2D eigenvalue weighted by Gasteiger charge is -2.30. The third kappa shape index (κ3) is 3.66. The topological polar surface area (TPSA) is 37.3 Å². The predicted molar refractivity (Wildman–Crippen MR) is 140 cm³/mol. The number of benzene rings is 1. The number of anilines is 1. The maximum absolute atomic E-state index is 13.9. The van der Waals surface area contributed by atoms with Crippen molar-refractivity contribution in [3.8, 4) is 5.00 Å². The van der Waals surface area contributed by atoms with Crippen LogP contribution in [0.5, 0.6) is 0 Å². The molecule has 0 spiro atoms. The molecule has 4 heterocycles. The summed E-state index contributed by atoms with van der Waals surface area (Å²) >= 11 is 7.19. The van der Waals surface area contributed by atoms with Crippen molar-refractivity contribution in [2.24, 2.45) is 0 Å². The quantitative estimate of drug-likeness (QED) is 0.279. The number of hydrogen-bond acceptors (Lipinski definition) is 3. The first-order valence-corrected chi connectivity index (χ1v) is 13.8. The molecule has 1 aliphatic carbocycles. The molecule has 3 aromatic heterocycles. The second-order valence-electron chi connectivity index (χ2n) is 8.74. The lowest BCUT2D eigenvalue weighted by atomic mass is 9.95. The van der Waals surface area contributed by atoms with E-state index in [9.17, 15) is 4.79 Å². The molecule has 1 aromatic carbocycles. The van der Waals surface area contributed by atoms with E-state index >= 15 is 0 Å². The number of carbonyl (C=O) groups is 1. The zero-order valence-electron chi connectivity index (χ0n) is 18.3. The Bertz CT molecular complexity index is 1340. The number of carbonyl (C=O) groups excluding carboxylic acids is 1. The van der Waals surface area contributed by atoms with Gasteiger partial charge in [-0.15, -0.1) is 22.7 Å². The summed E-state index contributed by atoms with van der Waals surface area (Å²) in [6, 6.07) is 14.3. The molecule has 1 aliphatic heterocycles. The number of hydrogen-bond donors (Lipinski definition) is 1. The van der Waals surface area contributed by atoms with Crippen molar-refractivity contribution >= 4 is 50.3 Å². The Morgan fingerprint density at radius 2 is 2.00 bits per heavy atom. The first-order chi connectivity index (χ1) is 16.1. The van der Waals surface area contributed by atoms with Gasteiger partial charge in [0.15, 0.2) is 0 Å². The average Bonchev–Trinajstić information content (AvgIpc) is 3.56. The van der Waals surface area contributed by atoms with Gasteiger partial charge in [0.2, 0.25) is 0 Å². The van der Waals surface area contributed by atoms with Crippen molar-refractivity contribution in [2.75, 3.05) is 5.32 Å². The summed E-state index contributed by atoms with van der Waals surface area (Å²) in [5, 5.41) is 6.58. The van der Waals surface area contributed by atoms with Gasteiger partial charge in [-0.3, -0.25) is 0 Å². The summed E-state index contributed by atoms with van der Waals surface area (Å²) in [5.41, 5.74) is 5.87. The lowest BCUT2D eigenvalue weighted by Crippen LogP contribution is -2.37. The summed E-state index contributed by atoms with van der Waals surface area (Å²) in [7, 11) is 0. The van der Waals surface area contributed by atoms with E-state index in [4.69, 9.17) is 0 Å². The van der Waals surface area contributed by atoms with Crippen LogP contribution in [0.3, 0.4) is 0 Å². The first-order valence-electron chi connectivity index (χ1n) is 11.3. The van der Waals surface area contributed by atoms with Crippen molar-refractivity contribution < 1.29 is 4.79 Å². The fourth-order valence-electron chi connectivity index (χ4n) is 5.05. The Morgan fingerprint density at radius 1 is 1.12 bits per heavy atom. The molecule has 168 valence electrons. The van der Waals surface area contributed by atoms with E-state index in [0.29, 0.717) is 6.54 Å². The molecule has 1 atom stereocenters. The van der Waals surface area contributed by atoms with Gasteiger partial charge in [-0.2, -0.15) is 0 Å². The monoisotopic (exact) mass is 537 g/mol. The molecule has 4 aromatic rings. The van der Waals surface area contributed by atoms with Gasteiger partial charge in [-0.1, -0.05) is 22.0 Å². The van der Waals surface area contributed by atoms with E-state index in [1.54, 1.807) is 11.3 Å². The van der Waals surface area contributed by atoms with Crippen LogP contribution >= 0.6 is 38.6 Å². The van der Waals surface area contributed by atoms with Crippen LogP contribution in [0.2, 0.25) is 0 Å². The second-order valence-corrected chi connectivity index (χ2v) is 11.7. The third-order valence-electron chi connectivity index (χ3n) is 6.66. The molecule has 1 N–H and O–H groups in total. The second kappa shape index (κ2) is 8.46. The highest BCUT2D eigenvalue weighted by Crippen LogP contribution is 2.44. The molecule has 2 aliphatic rings. The van der Waals surface area contributed by atoms with Gasteiger partial charge in [-0.25, -0.2) is 4.79 Å². The van der Waals surface area contributed by atoms with E-state index in [1.165, 1.54) is 38.7 Å². The van der Waals surface area contributed by atoms with Crippen LogP contribution in [-0.4, -0.2) is 15.5 Å². The minimum Gasteiger partial charge on any atom is -0.310 e. The molecule has 0 saturated heterocycles. The largest absolute Gasteiger partial charge is 0.323 e. The number of fused-ring (bicyclic) bond motifs is 5. The van der Waals surface area contributed by atoms with Crippen LogP contribution in [0.4, 0.5) is 10.5 Å². The Hall–Kier alpha value is -2.35. The van der Waals surface area contributed by atoms with Crippen LogP contribution in [0, 0.1) is 6.92 Å². The summed E-state index contributed by atoms with van der Waals surface area (Å²) < 4.78 is 3.37. The third-order valence-corrected chi connectivity index (χ3v) is 9.81. The zero-order valence-corrected chi connectivity index (χ0v) is 21.5. The molecular weight excluding hydrogens is 514 g/mol. The van der Waals surface area contributed by atoms with Crippen LogP contribution in [0.15, 0.2) is 58.5 Å². The van der Waals surface area contributed by atoms with Gasteiger partial charge >= 0.3 is 6.03 Å².